The lowest BCUT2D eigenvalue weighted by molar-refractivity contribution is 0.0178. The van der Waals surface area contributed by atoms with Crippen LogP contribution in [0.4, 0.5) is 0 Å². The van der Waals surface area contributed by atoms with Crippen LogP contribution in [0.5, 0.6) is 0 Å². The molecule has 0 spiro atoms. The zero-order valence-electron chi connectivity index (χ0n) is 19.2. The number of aliphatic hydroxyl groups excluding tert-OH is 1. The number of carbonyl (C=O) groups excluding carboxylic acids is 1. The maximum atomic E-state index is 13.0. The molecule has 35 heavy (non-hydrogen) atoms. The van der Waals surface area contributed by atoms with Crippen molar-refractivity contribution in [1.82, 2.24) is 24.5 Å². The van der Waals surface area contributed by atoms with Crippen molar-refractivity contribution in [2.24, 2.45) is 7.05 Å². The minimum absolute atomic E-state index is 0.211. The molecule has 0 aliphatic carbocycles. The number of aryl methyl sites for hydroxylation is 2. The number of carbonyl (C=O) groups is 1. The summed E-state index contributed by atoms with van der Waals surface area (Å²) in [7, 11) is 1.89. The van der Waals surface area contributed by atoms with Crippen LogP contribution in [0, 0.1) is 6.92 Å². The third-order valence-electron chi connectivity index (χ3n) is 6.66. The Morgan fingerprint density at radius 2 is 1.91 bits per heavy atom. The molecule has 3 aromatic heterocycles. The molecule has 1 aromatic carbocycles. The number of halogens is 1. The molecule has 0 bridgehead atoms. The fourth-order valence-corrected chi connectivity index (χ4v) is 5.26. The topological polar surface area (TPSA) is 103 Å². The number of hydrogen-bond acceptors (Lipinski definition) is 6. The van der Waals surface area contributed by atoms with Crippen molar-refractivity contribution < 1.29 is 19.4 Å². The lowest BCUT2D eigenvalue weighted by Gasteiger charge is -2.17. The monoisotopic (exact) mass is 493 g/mol. The van der Waals surface area contributed by atoms with Crippen LogP contribution in [0.15, 0.2) is 48.8 Å². The zero-order chi connectivity index (χ0) is 24.3. The first kappa shape index (κ1) is 22.2. The lowest BCUT2D eigenvalue weighted by atomic mass is 9.99. The van der Waals surface area contributed by atoms with Gasteiger partial charge in [-0.05, 0) is 24.6 Å². The number of nitrogens with zero attached hydrogens (tertiary/aromatic N) is 4. The second-order valence-electron chi connectivity index (χ2n) is 8.99. The number of nitrogens with one attached hydrogen (secondary N) is 1. The Bertz CT molecular complexity index is 1450. The highest BCUT2D eigenvalue weighted by molar-refractivity contribution is 6.32. The fraction of sp³-hybridized carbons (Fsp3) is 0.320. The van der Waals surface area contributed by atoms with Crippen LogP contribution < -0.4 is 5.32 Å². The van der Waals surface area contributed by atoms with Gasteiger partial charge in [-0.1, -0.05) is 35.9 Å². The SMILES string of the molecule is Cc1nn(C)cc1-c1ccccc1-c1nc2cc(C(=O)N[C@H]3CO[C@H]4[C@@H]3OC[C@@H]4O)ccn2c1Cl. The average Bonchev–Trinajstić information content (AvgIpc) is 3.59. The molecule has 0 radical (unpaired) electrons. The van der Waals surface area contributed by atoms with E-state index in [4.69, 9.17) is 26.1 Å². The number of ether oxygens (including phenoxy) is 2. The summed E-state index contributed by atoms with van der Waals surface area (Å²) in [5.74, 6) is -0.265. The predicted molar refractivity (Wildman–Crippen MR) is 129 cm³/mol. The van der Waals surface area contributed by atoms with Gasteiger partial charge in [-0.25, -0.2) is 4.98 Å². The van der Waals surface area contributed by atoms with E-state index in [1.807, 2.05) is 44.4 Å². The number of benzene rings is 1. The first-order chi connectivity index (χ1) is 16.9. The van der Waals surface area contributed by atoms with E-state index in [0.29, 0.717) is 28.7 Å². The van der Waals surface area contributed by atoms with E-state index in [-0.39, 0.29) is 24.7 Å². The molecule has 4 atom stereocenters. The molecule has 2 aliphatic rings. The van der Waals surface area contributed by atoms with Gasteiger partial charge in [0.05, 0.1) is 24.9 Å². The Balaban J connectivity index is 1.32. The molecular weight excluding hydrogens is 470 g/mol. The van der Waals surface area contributed by atoms with E-state index in [0.717, 1.165) is 22.4 Å². The molecule has 1 amide bonds. The summed E-state index contributed by atoms with van der Waals surface area (Å²) in [5.41, 5.74) is 5.42. The second kappa shape index (κ2) is 8.46. The molecule has 10 heteroatoms. The summed E-state index contributed by atoms with van der Waals surface area (Å²) in [6.07, 6.45) is 2.30. The van der Waals surface area contributed by atoms with Crippen LogP contribution in [-0.4, -0.2) is 67.7 Å². The van der Waals surface area contributed by atoms with Gasteiger partial charge in [0.25, 0.3) is 5.91 Å². The van der Waals surface area contributed by atoms with Crippen molar-refractivity contribution >= 4 is 23.2 Å². The van der Waals surface area contributed by atoms with Crippen molar-refractivity contribution in [2.45, 2.75) is 31.3 Å². The van der Waals surface area contributed by atoms with Gasteiger partial charge in [-0.3, -0.25) is 13.9 Å². The van der Waals surface area contributed by atoms with Crippen molar-refractivity contribution in [3.05, 3.63) is 65.2 Å². The summed E-state index contributed by atoms with van der Waals surface area (Å²) < 4.78 is 14.7. The standard InChI is InChI=1S/C25H24ClN5O4/c1-13-17(10-30(2)29-13)15-5-3-4-6-16(15)21-24(26)31-8-7-14(9-20(31)28-21)25(33)27-18-11-34-23-19(32)12-35-22(18)23/h3-10,18-19,22-23,32H,11-12H2,1-2H3,(H,27,33)/t18-,19-,22+,23+/m0/s1. The van der Waals surface area contributed by atoms with Crippen LogP contribution in [0.3, 0.4) is 0 Å². The lowest BCUT2D eigenvalue weighted by Crippen LogP contribution is -2.44. The second-order valence-corrected chi connectivity index (χ2v) is 9.34. The first-order valence-electron chi connectivity index (χ1n) is 11.4. The van der Waals surface area contributed by atoms with E-state index < -0.39 is 12.2 Å². The van der Waals surface area contributed by atoms with Gasteiger partial charge < -0.3 is 19.9 Å². The summed E-state index contributed by atoms with van der Waals surface area (Å²) in [5, 5.41) is 17.8. The quantitative estimate of drug-likeness (QED) is 0.453. The Morgan fingerprint density at radius 3 is 2.69 bits per heavy atom. The van der Waals surface area contributed by atoms with E-state index >= 15 is 0 Å². The molecule has 5 heterocycles. The van der Waals surface area contributed by atoms with Gasteiger partial charge in [0.1, 0.15) is 34.8 Å². The number of hydrogen-bond donors (Lipinski definition) is 2. The van der Waals surface area contributed by atoms with Crippen LogP contribution in [0.25, 0.3) is 28.0 Å². The molecular formula is C25H24ClN5O4. The van der Waals surface area contributed by atoms with Gasteiger partial charge in [0.15, 0.2) is 0 Å². The Morgan fingerprint density at radius 1 is 1.14 bits per heavy atom. The van der Waals surface area contributed by atoms with E-state index in [9.17, 15) is 9.90 Å². The number of pyridine rings is 1. The number of amides is 1. The minimum Gasteiger partial charge on any atom is -0.388 e. The molecule has 0 unspecified atom stereocenters. The van der Waals surface area contributed by atoms with E-state index in [1.165, 1.54) is 0 Å². The molecule has 2 fully saturated rings. The zero-order valence-corrected chi connectivity index (χ0v) is 19.9. The molecule has 180 valence electrons. The normalized spacial score (nSPS) is 23.7. The van der Waals surface area contributed by atoms with E-state index in [2.05, 4.69) is 10.4 Å². The maximum absolute atomic E-state index is 13.0. The number of imidazole rings is 1. The third-order valence-corrected chi connectivity index (χ3v) is 7.02. The van der Waals surface area contributed by atoms with Crippen LogP contribution >= 0.6 is 11.6 Å². The first-order valence-corrected chi connectivity index (χ1v) is 11.8. The van der Waals surface area contributed by atoms with Crippen molar-refractivity contribution in [2.75, 3.05) is 13.2 Å². The Hall–Kier alpha value is -3.24. The van der Waals surface area contributed by atoms with Gasteiger partial charge in [-0.2, -0.15) is 5.10 Å². The predicted octanol–water partition coefficient (Wildman–Crippen LogP) is 2.62. The Kier molecular flexibility index (Phi) is 5.37. The smallest absolute Gasteiger partial charge is 0.251 e. The molecule has 0 saturated carbocycles. The molecule has 9 nitrogen and oxygen atoms in total. The van der Waals surface area contributed by atoms with E-state index in [1.54, 1.807) is 27.4 Å². The number of rotatable bonds is 4. The molecule has 6 rings (SSSR count). The molecule has 4 aromatic rings. The van der Waals surface area contributed by atoms with Crippen molar-refractivity contribution in [3.63, 3.8) is 0 Å². The summed E-state index contributed by atoms with van der Waals surface area (Å²) in [4.78, 5) is 17.8. The number of aliphatic hydroxyl groups is 1. The highest BCUT2D eigenvalue weighted by Gasteiger charge is 2.47. The average molecular weight is 494 g/mol. The van der Waals surface area contributed by atoms with Gasteiger partial charge in [-0.15, -0.1) is 0 Å². The molecule has 2 saturated heterocycles. The Labute approximate surface area is 206 Å². The summed E-state index contributed by atoms with van der Waals surface area (Å²) >= 11 is 6.76. The number of aromatic nitrogens is 4. The highest BCUT2D eigenvalue weighted by atomic mass is 35.5. The van der Waals surface area contributed by atoms with Gasteiger partial charge in [0, 0.05) is 36.1 Å². The highest BCUT2D eigenvalue weighted by Crippen LogP contribution is 2.37. The maximum Gasteiger partial charge on any atom is 0.251 e. The fourth-order valence-electron chi connectivity index (χ4n) is 4.97. The number of fused-ring (bicyclic) bond motifs is 2. The van der Waals surface area contributed by atoms with Gasteiger partial charge in [0.2, 0.25) is 0 Å². The van der Waals surface area contributed by atoms with Crippen molar-refractivity contribution in [1.29, 1.82) is 0 Å². The van der Waals surface area contributed by atoms with Gasteiger partial charge >= 0.3 is 0 Å². The van der Waals surface area contributed by atoms with Crippen LogP contribution in [-0.2, 0) is 16.5 Å². The van der Waals surface area contributed by atoms with Crippen LogP contribution in [0.1, 0.15) is 16.1 Å². The van der Waals surface area contributed by atoms with Crippen molar-refractivity contribution in [3.8, 4) is 22.4 Å². The minimum atomic E-state index is -0.665. The van der Waals surface area contributed by atoms with Crippen LogP contribution in [0.2, 0.25) is 5.15 Å². The summed E-state index contributed by atoms with van der Waals surface area (Å²) in [6, 6.07) is 11.0. The largest absolute Gasteiger partial charge is 0.388 e. The third kappa shape index (κ3) is 3.71. The molecule has 2 N–H and O–H groups in total. The summed E-state index contributed by atoms with van der Waals surface area (Å²) in [6.45, 7) is 2.48. The molecule has 2 aliphatic heterocycles.